The number of ether oxygens (including phenoxy) is 1. The summed E-state index contributed by atoms with van der Waals surface area (Å²) in [5.74, 6) is -2.02. The van der Waals surface area contributed by atoms with Gasteiger partial charge >= 0.3 is 5.97 Å². The Hall–Kier alpha value is -2.81. The first kappa shape index (κ1) is 20.5. The fourth-order valence-corrected chi connectivity index (χ4v) is 2.28. The lowest BCUT2D eigenvalue weighted by atomic mass is 10.1. The van der Waals surface area contributed by atoms with Crippen LogP contribution in [0.1, 0.15) is 43.6 Å². The Kier molecular flexibility index (Phi) is 6.27. The van der Waals surface area contributed by atoms with Gasteiger partial charge in [0.25, 0.3) is 5.91 Å². The molecule has 27 heavy (non-hydrogen) atoms. The first-order chi connectivity index (χ1) is 12.6. The smallest absolute Gasteiger partial charge is 0.326 e. The first-order valence-corrected chi connectivity index (χ1v) is 8.44. The summed E-state index contributed by atoms with van der Waals surface area (Å²) >= 11 is 0. The molecular weight excluding hydrogens is 355 g/mol. The number of benzene rings is 1. The van der Waals surface area contributed by atoms with E-state index in [0.717, 1.165) is 0 Å². The van der Waals surface area contributed by atoms with Gasteiger partial charge in [-0.2, -0.15) is 0 Å². The van der Waals surface area contributed by atoms with Crippen LogP contribution in [0.4, 0.5) is 4.39 Å². The van der Waals surface area contributed by atoms with Crippen LogP contribution in [0.15, 0.2) is 24.3 Å². The Labute approximate surface area is 156 Å². The number of carboxylic acids is 1. The van der Waals surface area contributed by atoms with E-state index < -0.39 is 29.3 Å². The standard InChI is InChI=1S/C18H23FN4O4/c1-11-20-15(22-23(11)13-7-5-12(19)6-8-13)16(24)21-14(17(25)26)9-10-27-18(2,3)4/h5-8,14H,9-10H2,1-4H3,(H,21,24)(H,25,26). The second-order valence-corrected chi connectivity index (χ2v) is 6.98. The predicted molar refractivity (Wildman–Crippen MR) is 95.3 cm³/mol. The molecule has 2 aromatic rings. The molecule has 1 unspecified atom stereocenters. The number of carbonyl (C=O) groups is 2. The van der Waals surface area contributed by atoms with Gasteiger partial charge in [-0.15, -0.1) is 5.10 Å². The van der Waals surface area contributed by atoms with Crippen LogP contribution in [0.25, 0.3) is 5.69 Å². The van der Waals surface area contributed by atoms with Crippen molar-refractivity contribution in [3.8, 4) is 5.69 Å². The number of aromatic nitrogens is 3. The first-order valence-electron chi connectivity index (χ1n) is 8.44. The van der Waals surface area contributed by atoms with Gasteiger partial charge in [-0.3, -0.25) is 4.79 Å². The molecule has 2 N–H and O–H groups in total. The van der Waals surface area contributed by atoms with Gasteiger partial charge in [-0.05, 0) is 52.0 Å². The van der Waals surface area contributed by atoms with Gasteiger partial charge in [0.1, 0.15) is 17.7 Å². The lowest BCUT2D eigenvalue weighted by Gasteiger charge is -2.21. The lowest BCUT2D eigenvalue weighted by molar-refractivity contribution is -0.140. The third-order valence-corrected chi connectivity index (χ3v) is 3.59. The Morgan fingerprint density at radius 3 is 2.48 bits per heavy atom. The average Bonchev–Trinajstić information content (AvgIpc) is 2.95. The molecule has 146 valence electrons. The minimum absolute atomic E-state index is 0.107. The van der Waals surface area contributed by atoms with Gasteiger partial charge in [0.15, 0.2) is 0 Å². The summed E-state index contributed by atoms with van der Waals surface area (Å²) in [4.78, 5) is 27.8. The number of nitrogens with zero attached hydrogens (tertiary/aromatic N) is 3. The van der Waals surface area contributed by atoms with E-state index in [1.165, 1.54) is 28.9 Å². The van der Waals surface area contributed by atoms with E-state index >= 15 is 0 Å². The maximum absolute atomic E-state index is 13.1. The maximum atomic E-state index is 13.1. The third-order valence-electron chi connectivity index (χ3n) is 3.59. The van der Waals surface area contributed by atoms with E-state index in [2.05, 4.69) is 15.4 Å². The van der Waals surface area contributed by atoms with Crippen LogP contribution >= 0.6 is 0 Å². The van der Waals surface area contributed by atoms with Crippen molar-refractivity contribution in [2.24, 2.45) is 0 Å². The predicted octanol–water partition coefficient (Wildman–Crippen LogP) is 2.10. The molecule has 0 spiro atoms. The molecule has 8 nitrogen and oxygen atoms in total. The third kappa shape index (κ3) is 5.85. The van der Waals surface area contributed by atoms with Gasteiger partial charge in [0.2, 0.25) is 5.82 Å². The fourth-order valence-electron chi connectivity index (χ4n) is 2.28. The topological polar surface area (TPSA) is 106 Å². The Morgan fingerprint density at radius 1 is 1.30 bits per heavy atom. The number of nitrogens with one attached hydrogen (secondary N) is 1. The fraction of sp³-hybridized carbons (Fsp3) is 0.444. The highest BCUT2D eigenvalue weighted by Crippen LogP contribution is 2.11. The van der Waals surface area contributed by atoms with E-state index in [-0.39, 0.29) is 18.9 Å². The molecule has 2 rings (SSSR count). The molecule has 0 aliphatic rings. The van der Waals surface area contributed by atoms with Crippen molar-refractivity contribution < 1.29 is 23.8 Å². The van der Waals surface area contributed by atoms with Crippen molar-refractivity contribution in [3.63, 3.8) is 0 Å². The van der Waals surface area contributed by atoms with Crippen molar-refractivity contribution in [1.82, 2.24) is 20.1 Å². The number of rotatable bonds is 7. The van der Waals surface area contributed by atoms with E-state index in [9.17, 15) is 19.1 Å². The SMILES string of the molecule is Cc1nc(C(=O)NC(CCOC(C)(C)C)C(=O)O)nn1-c1ccc(F)cc1. The molecule has 1 amide bonds. The largest absolute Gasteiger partial charge is 0.480 e. The Morgan fingerprint density at radius 2 is 1.93 bits per heavy atom. The summed E-state index contributed by atoms with van der Waals surface area (Å²) in [5.41, 5.74) is 0.133. The summed E-state index contributed by atoms with van der Waals surface area (Å²) in [7, 11) is 0. The molecule has 1 heterocycles. The molecule has 0 saturated carbocycles. The molecule has 9 heteroatoms. The Balaban J connectivity index is 2.08. The second kappa shape index (κ2) is 8.26. The molecule has 1 aromatic heterocycles. The van der Waals surface area contributed by atoms with E-state index in [1.807, 2.05) is 20.8 Å². The van der Waals surface area contributed by atoms with Crippen LogP contribution < -0.4 is 5.32 Å². The lowest BCUT2D eigenvalue weighted by Crippen LogP contribution is -2.42. The summed E-state index contributed by atoms with van der Waals surface area (Å²) in [6, 6.07) is 4.42. The molecule has 0 fully saturated rings. The van der Waals surface area contributed by atoms with Crippen LogP contribution in [-0.4, -0.2) is 50.0 Å². The zero-order valence-electron chi connectivity index (χ0n) is 15.7. The highest BCUT2D eigenvalue weighted by atomic mass is 19.1. The van der Waals surface area contributed by atoms with Gasteiger partial charge in [-0.25, -0.2) is 18.9 Å². The van der Waals surface area contributed by atoms with Crippen LogP contribution in [0, 0.1) is 12.7 Å². The number of hydrogen-bond acceptors (Lipinski definition) is 5. The highest BCUT2D eigenvalue weighted by Gasteiger charge is 2.24. The second-order valence-electron chi connectivity index (χ2n) is 6.98. The van der Waals surface area contributed by atoms with Crippen molar-refractivity contribution in [2.45, 2.75) is 45.8 Å². The Bertz CT molecular complexity index is 812. The summed E-state index contributed by atoms with van der Waals surface area (Å²) in [6.45, 7) is 7.39. The molecule has 1 aromatic carbocycles. The summed E-state index contributed by atoms with van der Waals surface area (Å²) in [6.07, 6.45) is 0.107. The number of aliphatic carboxylic acids is 1. The van der Waals surface area contributed by atoms with Gasteiger partial charge in [0, 0.05) is 13.0 Å². The van der Waals surface area contributed by atoms with Gasteiger partial charge in [0.05, 0.1) is 11.3 Å². The number of hydrogen-bond donors (Lipinski definition) is 2. The summed E-state index contributed by atoms with van der Waals surface area (Å²) in [5, 5.41) is 15.8. The normalized spacial score (nSPS) is 12.6. The van der Waals surface area contributed by atoms with E-state index in [4.69, 9.17) is 4.74 Å². The van der Waals surface area contributed by atoms with Crippen LogP contribution in [0.3, 0.4) is 0 Å². The molecular formula is C18H23FN4O4. The van der Waals surface area contributed by atoms with Crippen molar-refractivity contribution in [3.05, 3.63) is 41.7 Å². The molecule has 0 aliphatic heterocycles. The van der Waals surface area contributed by atoms with Crippen molar-refractivity contribution in [2.75, 3.05) is 6.61 Å². The van der Waals surface area contributed by atoms with E-state index in [1.54, 1.807) is 6.92 Å². The van der Waals surface area contributed by atoms with Crippen LogP contribution in [0.2, 0.25) is 0 Å². The quantitative estimate of drug-likeness (QED) is 0.764. The number of aryl methyl sites for hydroxylation is 1. The van der Waals surface area contributed by atoms with Crippen molar-refractivity contribution >= 4 is 11.9 Å². The number of carboxylic acid groups (broad SMARTS) is 1. The van der Waals surface area contributed by atoms with Gasteiger partial charge < -0.3 is 15.2 Å². The molecule has 0 radical (unpaired) electrons. The molecule has 0 aliphatic carbocycles. The van der Waals surface area contributed by atoms with Crippen LogP contribution in [-0.2, 0) is 9.53 Å². The zero-order valence-corrected chi connectivity index (χ0v) is 15.7. The van der Waals surface area contributed by atoms with Gasteiger partial charge in [-0.1, -0.05) is 0 Å². The zero-order chi connectivity index (χ0) is 20.2. The molecule has 0 saturated heterocycles. The van der Waals surface area contributed by atoms with E-state index in [0.29, 0.717) is 11.5 Å². The summed E-state index contributed by atoms with van der Waals surface area (Å²) < 4.78 is 19.9. The molecule has 0 bridgehead atoms. The monoisotopic (exact) mass is 378 g/mol. The van der Waals surface area contributed by atoms with Crippen molar-refractivity contribution in [1.29, 1.82) is 0 Å². The minimum Gasteiger partial charge on any atom is -0.480 e. The number of halogens is 1. The average molecular weight is 378 g/mol. The maximum Gasteiger partial charge on any atom is 0.326 e. The van der Waals surface area contributed by atoms with Crippen LogP contribution in [0.5, 0.6) is 0 Å². The molecule has 1 atom stereocenters. The minimum atomic E-state index is -1.17. The highest BCUT2D eigenvalue weighted by molar-refractivity contribution is 5.93. The number of amides is 1. The number of carbonyl (C=O) groups excluding carboxylic acids is 1.